The number of fused-ring (bicyclic) bond motifs is 2. The van der Waals surface area contributed by atoms with Crippen LogP contribution in [0, 0.1) is 6.92 Å². The molecule has 4 nitrogen and oxygen atoms in total. The van der Waals surface area contributed by atoms with E-state index < -0.39 is 0 Å². The second-order valence-electron chi connectivity index (χ2n) is 7.93. The van der Waals surface area contributed by atoms with E-state index in [9.17, 15) is 4.79 Å². The molecular weight excluding hydrogens is 348 g/mol. The number of carbonyl (C=O) groups excluding carboxylic acids is 1. The quantitative estimate of drug-likeness (QED) is 0.667. The van der Waals surface area contributed by atoms with Crippen LogP contribution >= 0.6 is 0 Å². The largest absolute Gasteiger partial charge is 0.490 e. The van der Waals surface area contributed by atoms with Gasteiger partial charge in [-0.05, 0) is 60.4 Å². The lowest BCUT2D eigenvalue weighted by atomic mass is 9.98. The molecule has 2 saturated heterocycles. The minimum absolute atomic E-state index is 0.199. The molecule has 4 heteroatoms. The number of hydrogen-bond donors (Lipinski definition) is 0. The van der Waals surface area contributed by atoms with E-state index in [1.807, 2.05) is 17.2 Å². The van der Waals surface area contributed by atoms with Gasteiger partial charge in [0.25, 0.3) is 0 Å². The van der Waals surface area contributed by atoms with E-state index in [0.717, 1.165) is 37.1 Å². The molecule has 0 bridgehead atoms. The maximum absolute atomic E-state index is 11.8. The molecule has 0 spiro atoms. The molecule has 0 aliphatic carbocycles. The van der Waals surface area contributed by atoms with E-state index in [0.29, 0.717) is 18.4 Å². The lowest BCUT2D eigenvalue weighted by Gasteiger charge is -2.35. The van der Waals surface area contributed by atoms with Crippen LogP contribution in [0.4, 0.5) is 0 Å². The number of carbonyl (C=O) groups is 1. The summed E-state index contributed by atoms with van der Waals surface area (Å²) < 4.78 is 6.24. The van der Waals surface area contributed by atoms with Crippen LogP contribution in [0.15, 0.2) is 54.7 Å². The van der Waals surface area contributed by atoms with Crippen LogP contribution in [0.3, 0.4) is 0 Å². The van der Waals surface area contributed by atoms with Crippen molar-refractivity contribution in [2.75, 3.05) is 6.54 Å². The Hall–Kier alpha value is -2.88. The number of rotatable bonds is 3. The molecule has 3 aromatic rings. The fourth-order valence-electron chi connectivity index (χ4n) is 4.61. The Labute approximate surface area is 165 Å². The summed E-state index contributed by atoms with van der Waals surface area (Å²) in [6, 6.07) is 17.2. The van der Waals surface area contributed by atoms with Crippen LogP contribution in [0.2, 0.25) is 0 Å². The van der Waals surface area contributed by atoms with Crippen molar-refractivity contribution in [3.8, 4) is 16.9 Å². The molecule has 0 radical (unpaired) electrons. The van der Waals surface area contributed by atoms with Gasteiger partial charge in [-0.25, -0.2) is 0 Å². The van der Waals surface area contributed by atoms with Gasteiger partial charge in [-0.1, -0.05) is 18.2 Å². The smallest absolute Gasteiger partial charge is 0.222 e. The predicted octanol–water partition coefficient (Wildman–Crippen LogP) is 4.74. The topological polar surface area (TPSA) is 42.4 Å². The number of ether oxygens (including phenoxy) is 1. The van der Waals surface area contributed by atoms with Gasteiger partial charge in [0.15, 0.2) is 0 Å². The molecule has 2 aliphatic heterocycles. The SMILES string of the molecule is Cc1cc2cccnc2cc1-c1ccc(O[C@H]2CCN3C(=O)CC[C@H]3C2)cc1. The number of piperidine rings is 1. The fraction of sp³-hybridized carbons (Fsp3) is 0.333. The normalized spacial score (nSPS) is 21.8. The number of benzene rings is 2. The number of nitrogens with zero attached hydrogens (tertiary/aromatic N) is 2. The van der Waals surface area contributed by atoms with Crippen LogP contribution in [0.1, 0.15) is 31.2 Å². The van der Waals surface area contributed by atoms with Gasteiger partial charge in [-0.2, -0.15) is 0 Å². The fourth-order valence-corrected chi connectivity index (χ4v) is 4.61. The van der Waals surface area contributed by atoms with E-state index in [-0.39, 0.29) is 6.10 Å². The second kappa shape index (κ2) is 6.93. The molecule has 1 aromatic heterocycles. The number of hydrogen-bond acceptors (Lipinski definition) is 3. The molecular formula is C24H24N2O2. The zero-order valence-corrected chi connectivity index (χ0v) is 16.1. The van der Waals surface area contributed by atoms with Crippen LogP contribution in [-0.2, 0) is 4.79 Å². The maximum atomic E-state index is 11.8. The van der Waals surface area contributed by atoms with E-state index in [1.165, 1.54) is 22.1 Å². The van der Waals surface area contributed by atoms with Crippen LogP contribution in [0.25, 0.3) is 22.0 Å². The Bertz CT molecular complexity index is 1030. The van der Waals surface area contributed by atoms with E-state index in [4.69, 9.17) is 4.74 Å². The van der Waals surface area contributed by atoms with Crippen molar-refractivity contribution in [1.29, 1.82) is 0 Å². The number of aromatic nitrogens is 1. The number of amides is 1. The molecule has 2 atom stereocenters. The van der Waals surface area contributed by atoms with Gasteiger partial charge in [-0.15, -0.1) is 0 Å². The van der Waals surface area contributed by atoms with Gasteiger partial charge in [0.2, 0.25) is 5.91 Å². The Morgan fingerprint density at radius 2 is 1.96 bits per heavy atom. The van der Waals surface area contributed by atoms with Gasteiger partial charge < -0.3 is 9.64 Å². The second-order valence-corrected chi connectivity index (χ2v) is 7.93. The van der Waals surface area contributed by atoms with Gasteiger partial charge in [0, 0.05) is 43.4 Å². The molecule has 2 fully saturated rings. The molecule has 5 rings (SSSR count). The van der Waals surface area contributed by atoms with E-state index in [2.05, 4.69) is 54.4 Å². The first-order valence-electron chi connectivity index (χ1n) is 10.1. The van der Waals surface area contributed by atoms with Crippen LogP contribution in [0.5, 0.6) is 5.75 Å². The highest BCUT2D eigenvalue weighted by Gasteiger charge is 2.36. The average Bonchev–Trinajstić information content (AvgIpc) is 3.08. The number of aryl methyl sites for hydroxylation is 1. The first-order chi connectivity index (χ1) is 13.7. The molecule has 0 saturated carbocycles. The van der Waals surface area contributed by atoms with Crippen molar-refractivity contribution < 1.29 is 9.53 Å². The summed E-state index contributed by atoms with van der Waals surface area (Å²) in [5, 5.41) is 1.17. The molecule has 28 heavy (non-hydrogen) atoms. The van der Waals surface area contributed by atoms with E-state index >= 15 is 0 Å². The highest BCUT2D eigenvalue weighted by molar-refractivity contribution is 5.86. The molecule has 3 heterocycles. The summed E-state index contributed by atoms with van der Waals surface area (Å²) in [5.41, 5.74) is 4.64. The minimum atomic E-state index is 0.199. The summed E-state index contributed by atoms with van der Waals surface area (Å²) in [5.74, 6) is 1.22. The Balaban J connectivity index is 1.32. The summed E-state index contributed by atoms with van der Waals surface area (Å²) >= 11 is 0. The lowest BCUT2D eigenvalue weighted by Crippen LogP contribution is -2.43. The summed E-state index contributed by atoms with van der Waals surface area (Å²) in [7, 11) is 0. The third-order valence-corrected chi connectivity index (χ3v) is 6.10. The first-order valence-corrected chi connectivity index (χ1v) is 10.1. The third-order valence-electron chi connectivity index (χ3n) is 6.10. The van der Waals surface area contributed by atoms with Crippen LogP contribution < -0.4 is 4.74 Å². The van der Waals surface area contributed by atoms with Crippen molar-refractivity contribution in [3.63, 3.8) is 0 Å². The molecule has 1 amide bonds. The van der Waals surface area contributed by atoms with Gasteiger partial charge in [0.05, 0.1) is 5.52 Å². The standard InChI is InChI=1S/C24H24N2O2/c1-16-13-18-3-2-11-25-23(18)15-22(16)17-4-7-20(8-5-17)28-21-10-12-26-19(14-21)6-9-24(26)27/h2-5,7-8,11,13,15,19,21H,6,9-10,12,14H2,1H3/t19-,21-/m0/s1. The van der Waals surface area contributed by atoms with Crippen molar-refractivity contribution in [2.45, 2.75) is 44.8 Å². The Kier molecular flexibility index (Phi) is 4.27. The van der Waals surface area contributed by atoms with Crippen LogP contribution in [-0.4, -0.2) is 34.5 Å². The van der Waals surface area contributed by atoms with Crippen molar-refractivity contribution in [2.24, 2.45) is 0 Å². The van der Waals surface area contributed by atoms with Gasteiger partial charge in [-0.3, -0.25) is 9.78 Å². The van der Waals surface area contributed by atoms with E-state index in [1.54, 1.807) is 0 Å². The van der Waals surface area contributed by atoms with Gasteiger partial charge in [0.1, 0.15) is 11.9 Å². The van der Waals surface area contributed by atoms with Gasteiger partial charge >= 0.3 is 0 Å². The molecule has 2 aromatic carbocycles. The summed E-state index contributed by atoms with van der Waals surface area (Å²) in [6.07, 6.45) is 5.58. The third kappa shape index (κ3) is 3.13. The highest BCUT2D eigenvalue weighted by atomic mass is 16.5. The first kappa shape index (κ1) is 17.2. The Morgan fingerprint density at radius 1 is 1.11 bits per heavy atom. The molecule has 0 unspecified atom stereocenters. The molecule has 2 aliphatic rings. The summed E-state index contributed by atoms with van der Waals surface area (Å²) in [4.78, 5) is 18.4. The highest BCUT2D eigenvalue weighted by Crippen LogP contribution is 2.32. The lowest BCUT2D eigenvalue weighted by molar-refractivity contribution is -0.130. The maximum Gasteiger partial charge on any atom is 0.222 e. The minimum Gasteiger partial charge on any atom is -0.490 e. The van der Waals surface area contributed by atoms with Crippen molar-refractivity contribution >= 4 is 16.8 Å². The molecule has 0 N–H and O–H groups in total. The van der Waals surface area contributed by atoms with Crippen molar-refractivity contribution in [3.05, 3.63) is 60.3 Å². The zero-order valence-electron chi connectivity index (χ0n) is 16.1. The van der Waals surface area contributed by atoms with Crippen molar-refractivity contribution in [1.82, 2.24) is 9.88 Å². The summed E-state index contributed by atoms with van der Waals surface area (Å²) in [6.45, 7) is 2.97. The number of pyridine rings is 1. The monoisotopic (exact) mass is 372 g/mol. The Morgan fingerprint density at radius 3 is 2.82 bits per heavy atom. The predicted molar refractivity (Wildman–Crippen MR) is 110 cm³/mol. The molecule has 142 valence electrons. The average molecular weight is 372 g/mol. The zero-order chi connectivity index (χ0) is 19.1.